The number of hydrogen-bond acceptors (Lipinski definition) is 8. The Hall–Kier alpha value is -3.22. The number of thioether (sulfide) groups is 1. The number of ether oxygens (including phenoxy) is 1. The maximum Gasteiger partial charge on any atom is 0.267 e. The molecular formula is C24H21N3O6S3. The van der Waals surface area contributed by atoms with Gasteiger partial charge in [-0.05, 0) is 36.8 Å². The van der Waals surface area contributed by atoms with Gasteiger partial charge in [0.05, 0.1) is 40.8 Å². The molecular weight excluding hydrogens is 522 g/mol. The normalized spacial score (nSPS) is 22.8. The van der Waals surface area contributed by atoms with Gasteiger partial charge in [0.2, 0.25) is 5.91 Å². The highest BCUT2D eigenvalue weighted by Gasteiger charge is 2.46. The molecule has 0 radical (unpaired) electrons. The van der Waals surface area contributed by atoms with Crippen molar-refractivity contribution in [2.45, 2.75) is 12.5 Å². The largest absolute Gasteiger partial charge is 0.497 e. The van der Waals surface area contributed by atoms with Gasteiger partial charge in [0, 0.05) is 11.3 Å². The quantitative estimate of drug-likeness (QED) is 0.452. The van der Waals surface area contributed by atoms with Gasteiger partial charge >= 0.3 is 0 Å². The highest BCUT2D eigenvalue weighted by Crippen LogP contribution is 2.45. The van der Waals surface area contributed by atoms with Crippen molar-refractivity contribution in [1.29, 1.82) is 0 Å². The number of nitrogens with one attached hydrogen (secondary N) is 1. The number of amides is 3. The molecule has 2 aromatic carbocycles. The zero-order chi connectivity index (χ0) is 25.6. The highest BCUT2D eigenvalue weighted by molar-refractivity contribution is 8.26. The van der Waals surface area contributed by atoms with Crippen molar-refractivity contribution >= 4 is 72.8 Å². The minimum atomic E-state index is -3.23. The Balaban J connectivity index is 1.42. The van der Waals surface area contributed by atoms with Crippen LogP contribution in [0.25, 0.3) is 5.57 Å². The van der Waals surface area contributed by atoms with Crippen molar-refractivity contribution < 1.29 is 27.5 Å². The van der Waals surface area contributed by atoms with Crippen LogP contribution in [0.1, 0.15) is 12.0 Å². The molecule has 3 heterocycles. The molecule has 186 valence electrons. The Labute approximate surface area is 217 Å². The average molecular weight is 544 g/mol. The van der Waals surface area contributed by atoms with Crippen LogP contribution < -0.4 is 15.0 Å². The first-order valence-corrected chi connectivity index (χ1v) is 14.1. The predicted octanol–water partition coefficient (Wildman–Crippen LogP) is 2.44. The molecule has 2 aromatic rings. The molecule has 12 heteroatoms. The Morgan fingerprint density at radius 2 is 1.86 bits per heavy atom. The minimum Gasteiger partial charge on any atom is -0.497 e. The number of rotatable bonds is 5. The Kier molecular flexibility index (Phi) is 6.35. The van der Waals surface area contributed by atoms with E-state index in [2.05, 4.69) is 5.32 Å². The molecule has 0 saturated carbocycles. The van der Waals surface area contributed by atoms with Gasteiger partial charge in [-0.1, -0.05) is 42.2 Å². The van der Waals surface area contributed by atoms with E-state index in [4.69, 9.17) is 17.0 Å². The lowest BCUT2D eigenvalue weighted by Crippen LogP contribution is -2.39. The summed E-state index contributed by atoms with van der Waals surface area (Å²) in [5.41, 5.74) is 1.76. The number of sulfone groups is 1. The molecule has 0 bridgehead atoms. The van der Waals surface area contributed by atoms with Gasteiger partial charge in [0.1, 0.15) is 16.6 Å². The van der Waals surface area contributed by atoms with Crippen LogP contribution in [-0.2, 0) is 24.2 Å². The zero-order valence-corrected chi connectivity index (χ0v) is 21.5. The summed E-state index contributed by atoms with van der Waals surface area (Å²) in [7, 11) is -1.69. The molecule has 0 unspecified atom stereocenters. The summed E-state index contributed by atoms with van der Waals surface area (Å²) in [4.78, 5) is 42.5. The summed E-state index contributed by atoms with van der Waals surface area (Å²) >= 11 is 6.40. The molecule has 3 aliphatic rings. The van der Waals surface area contributed by atoms with Gasteiger partial charge in [-0.25, -0.2) is 8.42 Å². The second-order valence-corrected chi connectivity index (χ2v) is 12.4. The van der Waals surface area contributed by atoms with E-state index in [1.165, 1.54) is 9.80 Å². The molecule has 1 atom stereocenters. The molecule has 2 fully saturated rings. The number of anilines is 2. The molecule has 9 nitrogen and oxygen atoms in total. The lowest BCUT2D eigenvalue weighted by atomic mass is 10.1. The molecule has 3 amide bonds. The first-order valence-electron chi connectivity index (χ1n) is 11.0. The number of para-hydroxylation sites is 1. The lowest BCUT2D eigenvalue weighted by molar-refractivity contribution is -0.123. The van der Waals surface area contributed by atoms with Gasteiger partial charge in [0.15, 0.2) is 9.84 Å². The smallest absolute Gasteiger partial charge is 0.267 e. The Morgan fingerprint density at radius 1 is 1.14 bits per heavy atom. The van der Waals surface area contributed by atoms with E-state index in [0.717, 1.165) is 11.8 Å². The monoisotopic (exact) mass is 543 g/mol. The van der Waals surface area contributed by atoms with Crippen LogP contribution in [0.3, 0.4) is 0 Å². The standard InChI is InChI=1S/C24H21N3O6S3/c1-33-16-8-6-14(7-9-16)25-19(28)12-26-18-5-3-2-4-17(18)20(22(26)29)21-23(30)27(24(34)35-21)15-10-11-36(31,32)13-15/h2-9,15H,10-13H2,1H3,(H,25,28)/b21-20-/t15-/m0/s1. The van der Waals surface area contributed by atoms with Crippen molar-refractivity contribution in [3.05, 3.63) is 59.0 Å². The summed E-state index contributed by atoms with van der Waals surface area (Å²) in [6.45, 7) is -0.257. The first-order chi connectivity index (χ1) is 17.2. The van der Waals surface area contributed by atoms with Crippen LogP contribution >= 0.6 is 24.0 Å². The van der Waals surface area contributed by atoms with Crippen LogP contribution in [0.2, 0.25) is 0 Å². The van der Waals surface area contributed by atoms with E-state index in [-0.39, 0.29) is 32.8 Å². The van der Waals surface area contributed by atoms with E-state index in [9.17, 15) is 22.8 Å². The zero-order valence-electron chi connectivity index (χ0n) is 19.1. The number of benzene rings is 2. The lowest BCUT2D eigenvalue weighted by Gasteiger charge is -2.21. The van der Waals surface area contributed by atoms with Crippen molar-refractivity contribution in [1.82, 2.24) is 4.90 Å². The van der Waals surface area contributed by atoms with Gasteiger partial charge in [-0.15, -0.1) is 0 Å². The fraction of sp³-hybridized carbons (Fsp3) is 0.250. The molecule has 36 heavy (non-hydrogen) atoms. The van der Waals surface area contributed by atoms with Gasteiger partial charge in [-0.3, -0.25) is 24.2 Å². The minimum absolute atomic E-state index is 0.000516. The van der Waals surface area contributed by atoms with Gasteiger partial charge in [-0.2, -0.15) is 0 Å². The van der Waals surface area contributed by atoms with Crippen LogP contribution in [0.4, 0.5) is 11.4 Å². The van der Waals surface area contributed by atoms with Crippen LogP contribution in [0.15, 0.2) is 53.4 Å². The van der Waals surface area contributed by atoms with Crippen LogP contribution in [-0.4, -0.2) is 66.6 Å². The molecule has 5 rings (SSSR count). The molecule has 1 N–H and O–H groups in total. The van der Waals surface area contributed by atoms with E-state index < -0.39 is 33.6 Å². The maximum atomic E-state index is 13.6. The molecule has 0 aliphatic carbocycles. The van der Waals surface area contributed by atoms with Crippen LogP contribution in [0, 0.1) is 0 Å². The summed E-state index contributed by atoms with van der Waals surface area (Å²) in [5, 5.41) is 2.76. The fourth-order valence-electron chi connectivity index (χ4n) is 4.50. The van der Waals surface area contributed by atoms with Crippen molar-refractivity contribution in [3.8, 4) is 5.75 Å². The summed E-state index contributed by atoms with van der Waals surface area (Å²) in [5.74, 6) is -0.874. The summed E-state index contributed by atoms with van der Waals surface area (Å²) in [6.07, 6.45) is 0.305. The first kappa shape index (κ1) is 24.5. The van der Waals surface area contributed by atoms with E-state index in [0.29, 0.717) is 29.1 Å². The van der Waals surface area contributed by atoms with E-state index in [1.54, 1.807) is 55.6 Å². The summed E-state index contributed by atoms with van der Waals surface area (Å²) in [6, 6.07) is 13.2. The van der Waals surface area contributed by atoms with Crippen LogP contribution in [0.5, 0.6) is 5.75 Å². The van der Waals surface area contributed by atoms with E-state index in [1.807, 2.05) is 0 Å². The maximum absolute atomic E-state index is 13.6. The average Bonchev–Trinajstić information content (AvgIpc) is 3.44. The number of fused-ring (bicyclic) bond motifs is 1. The fourth-order valence-corrected chi connectivity index (χ4v) is 7.67. The number of hydrogen-bond donors (Lipinski definition) is 1. The number of carbonyl (C=O) groups is 3. The third-order valence-electron chi connectivity index (χ3n) is 6.20. The third kappa shape index (κ3) is 4.40. The van der Waals surface area contributed by atoms with Gasteiger partial charge < -0.3 is 10.1 Å². The number of nitrogens with zero attached hydrogens (tertiary/aromatic N) is 2. The van der Waals surface area contributed by atoms with Crippen molar-refractivity contribution in [3.63, 3.8) is 0 Å². The van der Waals surface area contributed by atoms with Crippen molar-refractivity contribution in [2.24, 2.45) is 0 Å². The second kappa shape index (κ2) is 9.34. The summed E-state index contributed by atoms with van der Waals surface area (Å²) < 4.78 is 29.3. The Morgan fingerprint density at radius 3 is 2.53 bits per heavy atom. The highest BCUT2D eigenvalue weighted by atomic mass is 32.2. The Bertz CT molecular complexity index is 1440. The molecule has 2 saturated heterocycles. The van der Waals surface area contributed by atoms with E-state index >= 15 is 0 Å². The molecule has 0 aromatic heterocycles. The number of carbonyl (C=O) groups excluding carboxylic acids is 3. The van der Waals surface area contributed by atoms with Crippen molar-refractivity contribution in [2.75, 3.05) is 35.4 Å². The third-order valence-corrected chi connectivity index (χ3v) is 9.35. The molecule has 0 spiro atoms. The molecule has 3 aliphatic heterocycles. The second-order valence-electron chi connectivity index (χ2n) is 8.49. The number of thiocarbonyl (C=S) groups is 1. The number of methoxy groups -OCH3 is 1. The SMILES string of the molecule is COc1ccc(NC(=O)CN2C(=O)/C(=C3\SC(=S)N([C@H]4CCS(=O)(=O)C4)C3=O)c3ccccc32)cc1. The predicted molar refractivity (Wildman–Crippen MR) is 141 cm³/mol. The topological polar surface area (TPSA) is 113 Å². The van der Waals surface area contributed by atoms with Gasteiger partial charge in [0.25, 0.3) is 11.8 Å².